The van der Waals surface area contributed by atoms with Gasteiger partial charge >= 0.3 is 0 Å². The molecule has 3 atom stereocenters. The molecule has 1 aromatic rings. The zero-order valence-electron chi connectivity index (χ0n) is 13.5. The first-order valence-corrected chi connectivity index (χ1v) is 8.84. The lowest BCUT2D eigenvalue weighted by atomic mass is 9.63. The second-order valence-electron chi connectivity index (χ2n) is 7.03. The normalized spacial score (nSPS) is 26.9. The van der Waals surface area contributed by atoms with Gasteiger partial charge in [0.1, 0.15) is 5.82 Å². The Balaban J connectivity index is 2.33. The van der Waals surface area contributed by atoms with Gasteiger partial charge in [-0.3, -0.25) is 0 Å². The van der Waals surface area contributed by atoms with Gasteiger partial charge in [-0.15, -0.1) is 0 Å². The van der Waals surface area contributed by atoms with Crippen LogP contribution in [0.5, 0.6) is 0 Å². The number of nitrogens with one attached hydrogen (secondary N) is 1. The highest BCUT2D eigenvalue weighted by atomic mass is 79.9. The third-order valence-electron chi connectivity index (χ3n) is 5.13. The second-order valence-corrected chi connectivity index (χ2v) is 7.95. The summed E-state index contributed by atoms with van der Waals surface area (Å²) in [7, 11) is 0. The molecule has 118 valence electrons. The van der Waals surface area contributed by atoms with Gasteiger partial charge in [-0.05, 0) is 60.4 Å². The summed E-state index contributed by atoms with van der Waals surface area (Å²) in [4.78, 5) is 0. The van der Waals surface area contributed by atoms with Crippen LogP contribution in [0.25, 0.3) is 0 Å². The van der Waals surface area contributed by atoms with Crippen molar-refractivity contribution in [3.63, 3.8) is 0 Å². The molecule has 3 unspecified atom stereocenters. The highest BCUT2D eigenvalue weighted by Crippen LogP contribution is 2.43. The molecule has 0 heterocycles. The summed E-state index contributed by atoms with van der Waals surface area (Å²) in [5.41, 5.74) is 0.667. The topological polar surface area (TPSA) is 12.0 Å². The highest BCUT2D eigenvalue weighted by Gasteiger charge is 2.40. The summed E-state index contributed by atoms with van der Waals surface area (Å²) >= 11 is 3.49. The minimum atomic E-state index is -0.166. The van der Waals surface area contributed by atoms with E-state index in [0.717, 1.165) is 28.9 Å². The molecule has 1 aliphatic rings. The monoisotopic (exact) mass is 355 g/mol. The van der Waals surface area contributed by atoms with Crippen molar-refractivity contribution in [1.29, 1.82) is 0 Å². The zero-order valence-corrected chi connectivity index (χ0v) is 15.1. The van der Waals surface area contributed by atoms with Crippen LogP contribution in [-0.4, -0.2) is 12.6 Å². The summed E-state index contributed by atoms with van der Waals surface area (Å²) in [6.45, 7) is 9.85. The first-order valence-electron chi connectivity index (χ1n) is 8.05. The van der Waals surface area contributed by atoms with Crippen molar-refractivity contribution < 1.29 is 4.39 Å². The fourth-order valence-corrected chi connectivity index (χ4v) is 4.28. The number of benzene rings is 1. The molecule has 0 spiro atoms. The maximum atomic E-state index is 14.4. The molecule has 3 heteroatoms. The zero-order chi connectivity index (χ0) is 15.6. The third kappa shape index (κ3) is 3.68. The van der Waals surface area contributed by atoms with E-state index in [4.69, 9.17) is 0 Å². The Morgan fingerprint density at radius 2 is 2.05 bits per heavy atom. The van der Waals surface area contributed by atoms with Gasteiger partial charge in [-0.25, -0.2) is 4.39 Å². The minimum absolute atomic E-state index is 0.0860. The summed E-state index contributed by atoms with van der Waals surface area (Å²) in [6, 6.07) is 5.79. The van der Waals surface area contributed by atoms with Crippen LogP contribution < -0.4 is 5.32 Å². The molecule has 1 nitrogen and oxygen atoms in total. The molecule has 0 radical (unpaired) electrons. The quantitative estimate of drug-likeness (QED) is 0.774. The van der Waals surface area contributed by atoms with Crippen molar-refractivity contribution in [2.24, 2.45) is 11.8 Å². The Bertz CT molecular complexity index is 486. The van der Waals surface area contributed by atoms with Gasteiger partial charge in [-0.2, -0.15) is 0 Å². The molecular weight excluding hydrogens is 329 g/mol. The Labute approximate surface area is 136 Å². The SMILES string of the molecule is CCNC1CC(C)CCC1C(C)(C)c1cc(Br)ccc1F. The molecular formula is C18H27BrFN. The fraction of sp³-hybridized carbons (Fsp3) is 0.667. The smallest absolute Gasteiger partial charge is 0.127 e. The van der Waals surface area contributed by atoms with Crippen molar-refractivity contribution in [3.05, 3.63) is 34.1 Å². The summed E-state index contributed by atoms with van der Waals surface area (Å²) in [6.07, 6.45) is 3.60. The lowest BCUT2D eigenvalue weighted by molar-refractivity contribution is 0.144. The lowest BCUT2D eigenvalue weighted by Gasteiger charge is -2.45. The van der Waals surface area contributed by atoms with Crippen LogP contribution in [0.15, 0.2) is 22.7 Å². The molecule has 1 aromatic carbocycles. The number of halogens is 2. The Morgan fingerprint density at radius 1 is 1.33 bits per heavy atom. The molecule has 0 saturated heterocycles. The molecule has 21 heavy (non-hydrogen) atoms. The molecule has 0 aromatic heterocycles. The van der Waals surface area contributed by atoms with E-state index in [2.05, 4.69) is 48.9 Å². The van der Waals surface area contributed by atoms with Gasteiger partial charge in [0.05, 0.1) is 0 Å². The van der Waals surface area contributed by atoms with E-state index < -0.39 is 0 Å². The van der Waals surface area contributed by atoms with E-state index >= 15 is 0 Å². The van der Waals surface area contributed by atoms with Gasteiger partial charge in [0.25, 0.3) is 0 Å². The molecule has 1 fully saturated rings. The van der Waals surface area contributed by atoms with Crippen LogP contribution in [0, 0.1) is 17.7 Å². The predicted molar refractivity (Wildman–Crippen MR) is 91.1 cm³/mol. The molecule has 0 aliphatic heterocycles. The summed E-state index contributed by atoms with van der Waals surface area (Å²) in [5.74, 6) is 1.14. The second kappa shape index (κ2) is 6.78. The Hall–Kier alpha value is -0.410. The van der Waals surface area contributed by atoms with Crippen molar-refractivity contribution in [2.45, 2.75) is 58.4 Å². The average Bonchev–Trinajstić information content (AvgIpc) is 2.41. The first-order chi connectivity index (χ1) is 9.86. The van der Waals surface area contributed by atoms with E-state index in [9.17, 15) is 4.39 Å². The molecule has 1 aliphatic carbocycles. The predicted octanol–water partition coefficient (Wildman–Crippen LogP) is 5.28. The van der Waals surface area contributed by atoms with Gasteiger partial charge in [0.2, 0.25) is 0 Å². The van der Waals surface area contributed by atoms with Crippen LogP contribution in [0.4, 0.5) is 4.39 Å². The van der Waals surface area contributed by atoms with Crippen molar-refractivity contribution in [2.75, 3.05) is 6.54 Å². The van der Waals surface area contributed by atoms with Crippen LogP contribution in [0.3, 0.4) is 0 Å². The maximum absolute atomic E-state index is 14.4. The summed E-state index contributed by atoms with van der Waals surface area (Å²) in [5, 5.41) is 3.64. The minimum Gasteiger partial charge on any atom is -0.314 e. The number of rotatable bonds is 4. The van der Waals surface area contributed by atoms with E-state index in [1.807, 2.05) is 6.07 Å². The van der Waals surface area contributed by atoms with E-state index in [-0.39, 0.29) is 11.2 Å². The number of hydrogen-bond acceptors (Lipinski definition) is 1. The largest absolute Gasteiger partial charge is 0.314 e. The maximum Gasteiger partial charge on any atom is 0.127 e. The fourth-order valence-electron chi connectivity index (χ4n) is 3.92. The Kier molecular flexibility index (Phi) is 5.48. The van der Waals surface area contributed by atoms with Crippen molar-refractivity contribution >= 4 is 15.9 Å². The molecule has 0 amide bonds. The van der Waals surface area contributed by atoms with E-state index in [0.29, 0.717) is 12.0 Å². The summed E-state index contributed by atoms with van der Waals surface area (Å²) < 4.78 is 15.3. The van der Waals surface area contributed by atoms with Gasteiger partial charge < -0.3 is 5.32 Å². The van der Waals surface area contributed by atoms with Crippen molar-refractivity contribution in [3.8, 4) is 0 Å². The standard InChI is InChI=1S/C18H27BrFN/c1-5-21-17-10-12(2)6-8-14(17)18(3,4)15-11-13(19)7-9-16(15)20/h7,9,11-12,14,17,21H,5-6,8,10H2,1-4H3. The molecule has 1 saturated carbocycles. The van der Waals surface area contributed by atoms with Crippen LogP contribution in [0.1, 0.15) is 52.5 Å². The third-order valence-corrected chi connectivity index (χ3v) is 5.62. The van der Waals surface area contributed by atoms with Gasteiger partial charge in [0.15, 0.2) is 0 Å². The van der Waals surface area contributed by atoms with E-state index in [1.54, 1.807) is 12.1 Å². The average molecular weight is 356 g/mol. The molecule has 2 rings (SSSR count). The van der Waals surface area contributed by atoms with Crippen LogP contribution in [-0.2, 0) is 5.41 Å². The van der Waals surface area contributed by atoms with Crippen molar-refractivity contribution in [1.82, 2.24) is 5.32 Å². The molecule has 1 N–H and O–H groups in total. The van der Waals surface area contributed by atoms with Crippen LogP contribution >= 0.6 is 15.9 Å². The van der Waals surface area contributed by atoms with E-state index in [1.165, 1.54) is 12.8 Å². The van der Waals surface area contributed by atoms with Crippen LogP contribution in [0.2, 0.25) is 0 Å². The Morgan fingerprint density at radius 3 is 2.71 bits per heavy atom. The first kappa shape index (κ1) is 17.0. The molecule has 0 bridgehead atoms. The lowest BCUT2D eigenvalue weighted by Crippen LogP contribution is -2.48. The number of hydrogen-bond donors (Lipinski definition) is 1. The van der Waals surface area contributed by atoms with Gasteiger partial charge in [0, 0.05) is 10.5 Å². The van der Waals surface area contributed by atoms with Gasteiger partial charge in [-0.1, -0.05) is 50.0 Å². The highest BCUT2D eigenvalue weighted by molar-refractivity contribution is 9.10.